The number of hydrogen-bond donors (Lipinski definition) is 1. The van der Waals surface area contributed by atoms with Crippen molar-refractivity contribution in [2.24, 2.45) is 0 Å². The first kappa shape index (κ1) is 13.1. The van der Waals surface area contributed by atoms with Crippen LogP contribution in [0.3, 0.4) is 0 Å². The first-order chi connectivity index (χ1) is 8.69. The van der Waals surface area contributed by atoms with Gasteiger partial charge in [-0.05, 0) is 32.0 Å². The average Bonchev–Trinajstić information content (AvgIpc) is 2.39. The van der Waals surface area contributed by atoms with Crippen LogP contribution in [0.15, 0.2) is 24.3 Å². The summed E-state index contributed by atoms with van der Waals surface area (Å²) < 4.78 is 0. The molecule has 0 saturated carbocycles. The Labute approximate surface area is 112 Å². The molecule has 2 aromatic rings. The van der Waals surface area contributed by atoms with Gasteiger partial charge in [-0.15, -0.1) is 0 Å². The molecule has 3 nitrogen and oxygen atoms in total. The molecule has 0 aliphatic heterocycles. The zero-order valence-corrected chi connectivity index (χ0v) is 11.4. The van der Waals surface area contributed by atoms with Crippen LogP contribution in [0.1, 0.15) is 19.4 Å². The Bertz CT molecular complexity index is 553. The van der Waals surface area contributed by atoms with Crippen LogP contribution < -0.4 is 4.90 Å². The van der Waals surface area contributed by atoms with E-state index in [0.717, 1.165) is 29.7 Å². The first-order valence-electron chi connectivity index (χ1n) is 6.14. The normalized spacial score (nSPS) is 10.9. The van der Waals surface area contributed by atoms with Crippen molar-refractivity contribution in [3.8, 4) is 0 Å². The second kappa shape index (κ2) is 5.55. The smallest absolute Gasteiger partial charge is 0.135 e. The fourth-order valence-corrected chi connectivity index (χ4v) is 2.28. The van der Waals surface area contributed by atoms with E-state index in [-0.39, 0.29) is 6.61 Å². The predicted octanol–water partition coefficient (Wildman–Crippen LogP) is 3.23. The van der Waals surface area contributed by atoms with Gasteiger partial charge in [0.2, 0.25) is 0 Å². The van der Waals surface area contributed by atoms with Gasteiger partial charge < -0.3 is 10.0 Å². The third-order valence-electron chi connectivity index (χ3n) is 3.13. The number of fused-ring (bicyclic) bond motifs is 1. The van der Waals surface area contributed by atoms with Gasteiger partial charge in [-0.1, -0.05) is 17.7 Å². The molecule has 0 saturated heterocycles. The number of halogens is 1. The highest BCUT2D eigenvalue weighted by molar-refractivity contribution is 6.30. The number of rotatable bonds is 4. The Morgan fingerprint density at radius 3 is 2.56 bits per heavy atom. The minimum atomic E-state index is -0.0838. The molecule has 0 fully saturated rings. The summed E-state index contributed by atoms with van der Waals surface area (Å²) in [6.07, 6.45) is 0. The third-order valence-corrected chi connectivity index (χ3v) is 3.45. The molecule has 0 radical (unpaired) electrons. The lowest BCUT2D eigenvalue weighted by atomic mass is 10.1. The summed E-state index contributed by atoms with van der Waals surface area (Å²) in [5.41, 5.74) is 2.68. The molecule has 1 N–H and O–H groups in total. The van der Waals surface area contributed by atoms with Crippen LogP contribution in [0.2, 0.25) is 5.15 Å². The Morgan fingerprint density at radius 2 is 1.94 bits per heavy atom. The Hall–Kier alpha value is -1.32. The highest BCUT2D eigenvalue weighted by atomic mass is 35.5. The van der Waals surface area contributed by atoms with Gasteiger partial charge in [0.1, 0.15) is 5.15 Å². The van der Waals surface area contributed by atoms with Crippen molar-refractivity contribution >= 4 is 28.2 Å². The predicted molar refractivity (Wildman–Crippen MR) is 76.2 cm³/mol. The number of aliphatic hydroxyl groups is 1. The number of aliphatic hydroxyl groups excluding tert-OH is 1. The monoisotopic (exact) mass is 264 g/mol. The van der Waals surface area contributed by atoms with Crippen molar-refractivity contribution in [3.63, 3.8) is 0 Å². The standard InChI is InChI=1S/C14H17ClN2O/c1-3-17(4-2)12-6-5-10-7-11(9-18)14(15)16-13(10)8-12/h5-8,18H,3-4,9H2,1-2H3. The average molecular weight is 265 g/mol. The van der Waals surface area contributed by atoms with E-state index >= 15 is 0 Å². The lowest BCUT2D eigenvalue weighted by molar-refractivity contribution is 0.281. The fourth-order valence-electron chi connectivity index (χ4n) is 2.07. The van der Waals surface area contributed by atoms with Gasteiger partial charge in [0.15, 0.2) is 0 Å². The highest BCUT2D eigenvalue weighted by Gasteiger charge is 2.07. The number of pyridine rings is 1. The molecule has 0 amide bonds. The Morgan fingerprint density at radius 1 is 1.22 bits per heavy atom. The van der Waals surface area contributed by atoms with Gasteiger partial charge in [-0.3, -0.25) is 0 Å². The van der Waals surface area contributed by atoms with Crippen LogP contribution in [0.4, 0.5) is 5.69 Å². The number of anilines is 1. The number of aromatic nitrogens is 1. The Balaban J connectivity index is 2.51. The van der Waals surface area contributed by atoms with Gasteiger partial charge in [0.05, 0.1) is 12.1 Å². The lowest BCUT2D eigenvalue weighted by Gasteiger charge is -2.21. The van der Waals surface area contributed by atoms with Gasteiger partial charge in [-0.2, -0.15) is 0 Å². The topological polar surface area (TPSA) is 36.4 Å². The molecular weight excluding hydrogens is 248 g/mol. The molecule has 0 bridgehead atoms. The van der Waals surface area contributed by atoms with Crippen LogP contribution in [-0.2, 0) is 6.61 Å². The molecule has 4 heteroatoms. The third kappa shape index (κ3) is 2.42. The quantitative estimate of drug-likeness (QED) is 0.862. The minimum Gasteiger partial charge on any atom is -0.392 e. The van der Waals surface area contributed by atoms with E-state index in [1.165, 1.54) is 0 Å². The van der Waals surface area contributed by atoms with Crippen molar-refractivity contribution in [2.45, 2.75) is 20.5 Å². The zero-order chi connectivity index (χ0) is 13.1. The maximum atomic E-state index is 9.16. The van der Waals surface area contributed by atoms with Crippen molar-refractivity contribution in [1.82, 2.24) is 4.98 Å². The zero-order valence-electron chi connectivity index (χ0n) is 10.7. The van der Waals surface area contributed by atoms with Crippen LogP contribution >= 0.6 is 11.6 Å². The van der Waals surface area contributed by atoms with E-state index in [1.54, 1.807) is 0 Å². The summed E-state index contributed by atoms with van der Waals surface area (Å²) in [5.74, 6) is 0. The highest BCUT2D eigenvalue weighted by Crippen LogP contribution is 2.25. The van der Waals surface area contributed by atoms with Crippen LogP contribution in [0, 0.1) is 0 Å². The van der Waals surface area contributed by atoms with Crippen molar-refractivity contribution in [1.29, 1.82) is 0 Å². The van der Waals surface area contributed by atoms with E-state index in [0.29, 0.717) is 10.7 Å². The summed E-state index contributed by atoms with van der Waals surface area (Å²) in [7, 11) is 0. The molecule has 0 spiro atoms. The molecule has 18 heavy (non-hydrogen) atoms. The van der Waals surface area contributed by atoms with E-state index < -0.39 is 0 Å². The summed E-state index contributed by atoms with van der Waals surface area (Å²) in [6, 6.07) is 8.02. The summed E-state index contributed by atoms with van der Waals surface area (Å²) >= 11 is 6.02. The summed E-state index contributed by atoms with van der Waals surface area (Å²) in [5, 5.41) is 10.5. The second-order valence-corrected chi connectivity index (χ2v) is 4.50. The maximum Gasteiger partial charge on any atom is 0.135 e. The first-order valence-corrected chi connectivity index (χ1v) is 6.52. The molecule has 1 heterocycles. The largest absolute Gasteiger partial charge is 0.392 e. The van der Waals surface area contributed by atoms with E-state index in [9.17, 15) is 0 Å². The number of hydrogen-bond acceptors (Lipinski definition) is 3. The molecule has 0 aliphatic rings. The lowest BCUT2D eigenvalue weighted by Crippen LogP contribution is -2.21. The van der Waals surface area contributed by atoms with Gasteiger partial charge in [-0.25, -0.2) is 4.98 Å². The maximum absolute atomic E-state index is 9.16. The fraction of sp³-hybridized carbons (Fsp3) is 0.357. The summed E-state index contributed by atoms with van der Waals surface area (Å²) in [4.78, 5) is 6.60. The molecule has 96 valence electrons. The molecule has 2 rings (SSSR count). The van der Waals surface area contributed by atoms with Gasteiger partial charge >= 0.3 is 0 Å². The van der Waals surface area contributed by atoms with Gasteiger partial charge in [0.25, 0.3) is 0 Å². The van der Waals surface area contributed by atoms with E-state index in [2.05, 4.69) is 29.8 Å². The van der Waals surface area contributed by atoms with Gasteiger partial charge in [0, 0.05) is 29.7 Å². The molecule has 0 aliphatic carbocycles. The Kier molecular flexibility index (Phi) is 4.04. The molecular formula is C14H17ClN2O. The second-order valence-electron chi connectivity index (χ2n) is 4.15. The number of benzene rings is 1. The number of nitrogens with zero attached hydrogens (tertiary/aromatic N) is 2. The van der Waals surface area contributed by atoms with Crippen LogP contribution in [0.25, 0.3) is 10.9 Å². The van der Waals surface area contributed by atoms with E-state index in [4.69, 9.17) is 16.7 Å². The molecule has 1 aromatic carbocycles. The SMILES string of the molecule is CCN(CC)c1ccc2cc(CO)c(Cl)nc2c1. The molecule has 1 aromatic heterocycles. The van der Waals surface area contributed by atoms with Crippen LogP contribution in [0.5, 0.6) is 0 Å². The van der Waals surface area contributed by atoms with Crippen molar-refractivity contribution in [2.75, 3.05) is 18.0 Å². The molecule has 0 unspecified atom stereocenters. The van der Waals surface area contributed by atoms with E-state index in [1.807, 2.05) is 18.2 Å². The molecule has 0 atom stereocenters. The van der Waals surface area contributed by atoms with Crippen LogP contribution in [-0.4, -0.2) is 23.2 Å². The minimum absolute atomic E-state index is 0.0838. The van der Waals surface area contributed by atoms with Crippen molar-refractivity contribution < 1.29 is 5.11 Å². The summed E-state index contributed by atoms with van der Waals surface area (Å²) in [6.45, 7) is 6.10. The van der Waals surface area contributed by atoms with Crippen molar-refractivity contribution in [3.05, 3.63) is 35.0 Å².